The number of carbonyl (C=O) groups is 3. The largest absolute Gasteiger partial charge is 0.495 e. The maximum Gasteiger partial charge on any atom is 0.283 e. The zero-order chi connectivity index (χ0) is 26.0. The van der Waals surface area contributed by atoms with E-state index in [0.29, 0.717) is 27.8 Å². The van der Waals surface area contributed by atoms with Gasteiger partial charge in [-0.05, 0) is 66.9 Å². The fraction of sp³-hybridized carbons (Fsp3) is 0.148. The minimum absolute atomic E-state index is 0.0320. The van der Waals surface area contributed by atoms with Gasteiger partial charge in [0.2, 0.25) is 5.91 Å². The molecule has 0 saturated carbocycles. The van der Waals surface area contributed by atoms with Gasteiger partial charge in [0.15, 0.2) is 0 Å². The van der Waals surface area contributed by atoms with Crippen LogP contribution in [-0.4, -0.2) is 24.8 Å². The van der Waals surface area contributed by atoms with Crippen molar-refractivity contribution in [1.29, 1.82) is 0 Å². The molecule has 0 radical (unpaired) electrons. The third-order valence-corrected chi connectivity index (χ3v) is 6.42. The predicted octanol–water partition coefficient (Wildman–Crippen LogP) is 5.58. The fourth-order valence-electron chi connectivity index (χ4n) is 3.72. The summed E-state index contributed by atoms with van der Waals surface area (Å²) in [5.41, 5.74) is 4.03. The zero-order valence-corrected chi connectivity index (χ0v) is 21.3. The first-order valence-corrected chi connectivity index (χ1v) is 11.8. The molecule has 0 saturated heterocycles. The maximum atomic E-state index is 13.0. The molecule has 0 bridgehead atoms. The number of nitrogens with zero attached hydrogens (tertiary/aromatic N) is 1. The summed E-state index contributed by atoms with van der Waals surface area (Å²) in [6, 6.07) is 17.4. The highest BCUT2D eigenvalue weighted by Gasteiger charge is 2.39. The van der Waals surface area contributed by atoms with Crippen LogP contribution in [0.2, 0.25) is 5.02 Å². The first-order chi connectivity index (χ1) is 17.2. The lowest BCUT2D eigenvalue weighted by molar-refractivity contribution is -0.120. The molecular weight excluding hydrogens is 501 g/mol. The Morgan fingerprint density at radius 3 is 2.33 bits per heavy atom. The van der Waals surface area contributed by atoms with Crippen molar-refractivity contribution >= 4 is 58.0 Å². The Bertz CT molecular complexity index is 1400. The van der Waals surface area contributed by atoms with Gasteiger partial charge in [-0.15, -0.1) is 0 Å². The average Bonchev–Trinajstić information content (AvgIpc) is 3.05. The van der Waals surface area contributed by atoms with Gasteiger partial charge in [0.25, 0.3) is 11.8 Å². The standard InChI is InChI=1S/C27H23Cl2N3O4/c1-15-4-11-22(36-3)21(12-15)31-23(33)13-17-6-8-18(9-7-17)30-25-24(29)26(34)32(27(25)35)19-10-5-16(2)20(28)14-19/h4-12,14,30H,13H2,1-3H3,(H,31,33). The first-order valence-electron chi connectivity index (χ1n) is 11.0. The number of carbonyl (C=O) groups excluding carboxylic acids is 3. The molecule has 0 unspecified atom stereocenters. The summed E-state index contributed by atoms with van der Waals surface area (Å²) < 4.78 is 5.30. The number of anilines is 3. The quantitative estimate of drug-likeness (QED) is 0.394. The number of rotatable bonds is 7. The molecule has 1 aliphatic heterocycles. The molecule has 2 N–H and O–H groups in total. The van der Waals surface area contributed by atoms with Crippen molar-refractivity contribution in [2.24, 2.45) is 0 Å². The molecule has 0 atom stereocenters. The van der Waals surface area contributed by atoms with Crippen LogP contribution < -0.4 is 20.3 Å². The van der Waals surface area contributed by atoms with Gasteiger partial charge in [-0.2, -0.15) is 0 Å². The second kappa shape index (κ2) is 10.4. The highest BCUT2D eigenvalue weighted by molar-refractivity contribution is 6.53. The molecule has 4 rings (SSSR count). The van der Waals surface area contributed by atoms with E-state index in [2.05, 4.69) is 10.6 Å². The van der Waals surface area contributed by atoms with Gasteiger partial charge in [-0.3, -0.25) is 14.4 Å². The van der Waals surface area contributed by atoms with Crippen LogP contribution >= 0.6 is 23.2 Å². The van der Waals surface area contributed by atoms with E-state index < -0.39 is 11.8 Å². The van der Waals surface area contributed by atoms with Gasteiger partial charge in [-0.25, -0.2) is 4.90 Å². The second-order valence-electron chi connectivity index (χ2n) is 8.32. The minimum Gasteiger partial charge on any atom is -0.495 e. The Morgan fingerprint density at radius 1 is 0.944 bits per heavy atom. The van der Waals surface area contributed by atoms with Crippen molar-refractivity contribution < 1.29 is 19.1 Å². The molecule has 7 nitrogen and oxygen atoms in total. The van der Waals surface area contributed by atoms with Crippen LogP contribution in [0.3, 0.4) is 0 Å². The van der Waals surface area contributed by atoms with Gasteiger partial charge in [0.1, 0.15) is 16.5 Å². The van der Waals surface area contributed by atoms with E-state index in [0.717, 1.165) is 21.6 Å². The van der Waals surface area contributed by atoms with Crippen LogP contribution in [0.25, 0.3) is 0 Å². The van der Waals surface area contributed by atoms with E-state index in [1.54, 1.807) is 55.6 Å². The summed E-state index contributed by atoms with van der Waals surface area (Å²) in [5, 5.41) is 6.01. The summed E-state index contributed by atoms with van der Waals surface area (Å²) in [6.07, 6.45) is 0.139. The number of halogens is 2. The molecule has 1 heterocycles. The smallest absolute Gasteiger partial charge is 0.283 e. The Hall–Kier alpha value is -3.81. The highest BCUT2D eigenvalue weighted by Crippen LogP contribution is 2.32. The Labute approximate surface area is 218 Å². The molecule has 36 heavy (non-hydrogen) atoms. The lowest BCUT2D eigenvalue weighted by Gasteiger charge is -2.16. The summed E-state index contributed by atoms with van der Waals surface area (Å²) in [4.78, 5) is 39.2. The lowest BCUT2D eigenvalue weighted by atomic mass is 10.1. The SMILES string of the molecule is COc1ccc(C)cc1NC(=O)Cc1ccc(NC2=C(Cl)C(=O)N(c3ccc(C)c(Cl)c3)C2=O)cc1. The molecule has 0 aromatic heterocycles. The van der Waals surface area contributed by atoms with E-state index in [1.807, 2.05) is 26.0 Å². The topological polar surface area (TPSA) is 87.7 Å². The Morgan fingerprint density at radius 2 is 1.67 bits per heavy atom. The third-order valence-electron chi connectivity index (χ3n) is 5.66. The summed E-state index contributed by atoms with van der Waals surface area (Å²) in [5.74, 6) is -0.838. The number of aryl methyl sites for hydroxylation is 2. The van der Waals surface area contributed by atoms with Crippen molar-refractivity contribution in [3.05, 3.63) is 93.1 Å². The van der Waals surface area contributed by atoms with Crippen LogP contribution in [0.4, 0.5) is 17.1 Å². The first kappa shape index (κ1) is 25.3. The zero-order valence-electron chi connectivity index (χ0n) is 19.8. The number of imide groups is 1. The molecule has 0 aliphatic carbocycles. The molecule has 1 aliphatic rings. The van der Waals surface area contributed by atoms with Crippen molar-refractivity contribution in [2.75, 3.05) is 22.6 Å². The molecular formula is C27H23Cl2N3O4. The van der Waals surface area contributed by atoms with Crippen LogP contribution in [0, 0.1) is 13.8 Å². The van der Waals surface area contributed by atoms with Gasteiger partial charge >= 0.3 is 0 Å². The number of amides is 3. The lowest BCUT2D eigenvalue weighted by Crippen LogP contribution is -2.32. The van der Waals surface area contributed by atoms with Gasteiger partial charge in [-0.1, -0.05) is 47.5 Å². The number of benzene rings is 3. The molecule has 0 spiro atoms. The number of methoxy groups -OCH3 is 1. The minimum atomic E-state index is -0.635. The van der Waals surface area contributed by atoms with Crippen LogP contribution in [-0.2, 0) is 20.8 Å². The van der Waals surface area contributed by atoms with Crippen LogP contribution in [0.15, 0.2) is 71.4 Å². The number of ether oxygens (including phenoxy) is 1. The maximum absolute atomic E-state index is 13.0. The number of nitrogens with one attached hydrogen (secondary N) is 2. The van der Waals surface area contributed by atoms with Crippen LogP contribution in [0.1, 0.15) is 16.7 Å². The summed E-state index contributed by atoms with van der Waals surface area (Å²) in [7, 11) is 1.55. The molecule has 0 fully saturated rings. The highest BCUT2D eigenvalue weighted by atomic mass is 35.5. The van der Waals surface area contributed by atoms with Gasteiger partial charge in [0.05, 0.1) is 24.9 Å². The number of hydrogen-bond acceptors (Lipinski definition) is 5. The molecule has 3 aromatic carbocycles. The Balaban J connectivity index is 1.43. The van der Waals surface area contributed by atoms with Gasteiger partial charge in [0, 0.05) is 10.7 Å². The molecule has 3 amide bonds. The average molecular weight is 524 g/mol. The monoisotopic (exact) mass is 523 g/mol. The molecule has 184 valence electrons. The van der Waals surface area contributed by atoms with Gasteiger partial charge < -0.3 is 15.4 Å². The summed E-state index contributed by atoms with van der Waals surface area (Å²) >= 11 is 12.4. The van der Waals surface area contributed by atoms with Crippen molar-refractivity contribution in [3.8, 4) is 5.75 Å². The molecule has 3 aromatic rings. The number of hydrogen-bond donors (Lipinski definition) is 2. The fourth-order valence-corrected chi connectivity index (χ4v) is 4.10. The van der Waals surface area contributed by atoms with E-state index in [1.165, 1.54) is 0 Å². The van der Waals surface area contributed by atoms with E-state index in [-0.39, 0.29) is 23.1 Å². The van der Waals surface area contributed by atoms with E-state index >= 15 is 0 Å². The van der Waals surface area contributed by atoms with Crippen molar-refractivity contribution in [3.63, 3.8) is 0 Å². The summed E-state index contributed by atoms with van der Waals surface area (Å²) in [6.45, 7) is 3.75. The molecule has 9 heteroatoms. The van der Waals surface area contributed by atoms with E-state index in [4.69, 9.17) is 27.9 Å². The second-order valence-corrected chi connectivity index (χ2v) is 9.10. The normalized spacial score (nSPS) is 13.3. The Kier molecular flexibility index (Phi) is 7.33. The predicted molar refractivity (Wildman–Crippen MR) is 142 cm³/mol. The van der Waals surface area contributed by atoms with Crippen molar-refractivity contribution in [1.82, 2.24) is 0 Å². The third kappa shape index (κ3) is 5.22. The van der Waals surface area contributed by atoms with Crippen molar-refractivity contribution in [2.45, 2.75) is 20.3 Å². The van der Waals surface area contributed by atoms with Crippen LogP contribution in [0.5, 0.6) is 5.75 Å². The van der Waals surface area contributed by atoms with E-state index in [9.17, 15) is 14.4 Å².